The van der Waals surface area contributed by atoms with Crippen molar-refractivity contribution in [2.24, 2.45) is 0 Å². The number of aliphatic carboxylic acids is 1. The fourth-order valence-electron chi connectivity index (χ4n) is 0.827. The van der Waals surface area contributed by atoms with Crippen LogP contribution in [0.3, 0.4) is 0 Å². The highest BCUT2D eigenvalue weighted by Gasteiger charge is 2.05. The third-order valence-corrected chi connectivity index (χ3v) is 2.05. The molecule has 0 aromatic heterocycles. The van der Waals surface area contributed by atoms with Gasteiger partial charge in [0.15, 0.2) is 0 Å². The maximum Gasteiger partial charge on any atom is 0.328 e. The van der Waals surface area contributed by atoms with Crippen molar-refractivity contribution in [2.45, 2.75) is 0 Å². The summed E-state index contributed by atoms with van der Waals surface area (Å²) in [4.78, 5) is 10.1. The second kappa shape index (κ2) is 4.32. The Labute approximate surface area is 87.0 Å². The number of benzene rings is 1. The van der Waals surface area contributed by atoms with Gasteiger partial charge in [-0.2, -0.15) is 0 Å². The number of hydrogen-bond acceptors (Lipinski definition) is 1. The molecule has 1 aromatic rings. The van der Waals surface area contributed by atoms with Gasteiger partial charge in [-0.3, -0.25) is 0 Å². The summed E-state index contributed by atoms with van der Waals surface area (Å²) in [5.41, 5.74) is -0.104. The van der Waals surface area contributed by atoms with Crippen LogP contribution in [-0.2, 0) is 4.79 Å². The quantitative estimate of drug-likeness (QED) is 0.658. The minimum Gasteiger partial charge on any atom is -0.478 e. The summed E-state index contributed by atoms with van der Waals surface area (Å²) in [5, 5.41) is 8.28. The van der Waals surface area contributed by atoms with Crippen LogP contribution in [0.1, 0.15) is 5.56 Å². The van der Waals surface area contributed by atoms with Gasteiger partial charge in [-0.05, 0) is 34.1 Å². The summed E-state index contributed by atoms with van der Waals surface area (Å²) in [6.07, 6.45) is 1.74. The van der Waals surface area contributed by atoms with Crippen LogP contribution < -0.4 is 0 Å². The van der Waals surface area contributed by atoms with Crippen molar-refractivity contribution in [3.63, 3.8) is 0 Å². The predicted molar refractivity (Wildman–Crippen MR) is 50.7 cm³/mol. The Bertz CT molecular complexity index is 402. The van der Waals surface area contributed by atoms with Crippen LogP contribution in [0.15, 0.2) is 22.7 Å². The molecule has 0 radical (unpaired) electrons. The van der Waals surface area contributed by atoms with E-state index < -0.39 is 17.6 Å². The molecule has 0 saturated carbocycles. The fourth-order valence-corrected chi connectivity index (χ4v) is 1.14. The van der Waals surface area contributed by atoms with Gasteiger partial charge in [0.2, 0.25) is 0 Å². The van der Waals surface area contributed by atoms with Gasteiger partial charge in [0.1, 0.15) is 11.6 Å². The Morgan fingerprint density at radius 3 is 2.57 bits per heavy atom. The Morgan fingerprint density at radius 2 is 2.00 bits per heavy atom. The molecule has 1 rings (SSSR count). The molecule has 1 aromatic carbocycles. The van der Waals surface area contributed by atoms with Crippen molar-refractivity contribution in [1.29, 1.82) is 0 Å². The van der Waals surface area contributed by atoms with E-state index in [-0.39, 0.29) is 10.0 Å². The van der Waals surface area contributed by atoms with Crippen LogP contribution in [0, 0.1) is 11.6 Å². The zero-order chi connectivity index (χ0) is 10.7. The molecule has 0 fully saturated rings. The van der Waals surface area contributed by atoms with Gasteiger partial charge in [0.25, 0.3) is 0 Å². The average molecular weight is 263 g/mol. The maximum atomic E-state index is 13.0. The van der Waals surface area contributed by atoms with Gasteiger partial charge in [-0.1, -0.05) is 0 Å². The number of rotatable bonds is 2. The Balaban J connectivity index is 3.10. The van der Waals surface area contributed by atoms with E-state index in [1.165, 1.54) is 0 Å². The van der Waals surface area contributed by atoms with E-state index in [2.05, 4.69) is 15.9 Å². The SMILES string of the molecule is O=C(O)C=Cc1cc(F)c(Br)cc1F. The van der Waals surface area contributed by atoms with Crippen molar-refractivity contribution in [3.8, 4) is 0 Å². The van der Waals surface area contributed by atoms with E-state index in [9.17, 15) is 13.6 Å². The van der Waals surface area contributed by atoms with Crippen LogP contribution in [0.5, 0.6) is 0 Å². The zero-order valence-corrected chi connectivity index (χ0v) is 8.38. The molecule has 0 heterocycles. The smallest absolute Gasteiger partial charge is 0.328 e. The van der Waals surface area contributed by atoms with Crippen LogP contribution in [-0.4, -0.2) is 11.1 Å². The first-order valence-electron chi connectivity index (χ1n) is 3.56. The van der Waals surface area contributed by atoms with Crippen molar-refractivity contribution in [2.75, 3.05) is 0 Å². The van der Waals surface area contributed by atoms with Crippen molar-refractivity contribution >= 4 is 28.0 Å². The second-order valence-electron chi connectivity index (χ2n) is 2.46. The van der Waals surface area contributed by atoms with E-state index in [1.807, 2.05) is 0 Å². The lowest BCUT2D eigenvalue weighted by Crippen LogP contribution is -1.89. The van der Waals surface area contributed by atoms with Crippen LogP contribution in [0.2, 0.25) is 0 Å². The minimum atomic E-state index is -1.22. The Kier molecular flexibility index (Phi) is 3.35. The van der Waals surface area contributed by atoms with Crippen LogP contribution in [0.4, 0.5) is 8.78 Å². The van der Waals surface area contributed by atoms with Gasteiger partial charge in [0, 0.05) is 11.6 Å². The first-order valence-corrected chi connectivity index (χ1v) is 4.35. The molecular formula is C9H5BrF2O2. The topological polar surface area (TPSA) is 37.3 Å². The van der Waals surface area contributed by atoms with E-state index in [0.717, 1.165) is 24.3 Å². The summed E-state index contributed by atoms with van der Waals surface area (Å²) in [6.45, 7) is 0. The molecule has 0 aliphatic heterocycles. The number of carbonyl (C=O) groups is 1. The second-order valence-corrected chi connectivity index (χ2v) is 3.31. The number of hydrogen-bond donors (Lipinski definition) is 1. The molecule has 2 nitrogen and oxygen atoms in total. The minimum absolute atomic E-state index is 0.00229. The fraction of sp³-hybridized carbons (Fsp3) is 0. The highest BCUT2D eigenvalue weighted by atomic mass is 79.9. The molecule has 14 heavy (non-hydrogen) atoms. The highest BCUT2D eigenvalue weighted by molar-refractivity contribution is 9.10. The number of halogens is 3. The monoisotopic (exact) mass is 262 g/mol. The molecule has 0 saturated heterocycles. The lowest BCUT2D eigenvalue weighted by atomic mass is 10.2. The maximum absolute atomic E-state index is 13.0. The van der Waals surface area contributed by atoms with Crippen molar-refractivity contribution in [1.82, 2.24) is 0 Å². The summed E-state index contributed by atoms with van der Waals surface area (Å²) >= 11 is 2.80. The summed E-state index contributed by atoms with van der Waals surface area (Å²) in [6, 6.07) is 1.86. The predicted octanol–water partition coefficient (Wildman–Crippen LogP) is 2.83. The van der Waals surface area contributed by atoms with Crippen LogP contribution in [0.25, 0.3) is 6.08 Å². The molecule has 0 aliphatic rings. The number of carboxylic acid groups (broad SMARTS) is 1. The van der Waals surface area contributed by atoms with Gasteiger partial charge in [0.05, 0.1) is 4.47 Å². The molecule has 0 unspecified atom stereocenters. The van der Waals surface area contributed by atoms with E-state index >= 15 is 0 Å². The number of carboxylic acids is 1. The standard InChI is InChI=1S/C9H5BrF2O2/c10-6-4-7(11)5(3-8(6)12)1-2-9(13)14/h1-4H,(H,13,14). The molecule has 1 N–H and O–H groups in total. The Morgan fingerprint density at radius 1 is 1.36 bits per heavy atom. The van der Waals surface area contributed by atoms with Gasteiger partial charge in [-0.25, -0.2) is 13.6 Å². The zero-order valence-electron chi connectivity index (χ0n) is 6.80. The largest absolute Gasteiger partial charge is 0.478 e. The summed E-state index contributed by atoms with van der Waals surface area (Å²) in [7, 11) is 0. The van der Waals surface area contributed by atoms with E-state index in [0.29, 0.717) is 0 Å². The summed E-state index contributed by atoms with van der Waals surface area (Å²) in [5.74, 6) is -2.54. The highest BCUT2D eigenvalue weighted by Crippen LogP contribution is 2.20. The molecule has 0 spiro atoms. The van der Waals surface area contributed by atoms with E-state index in [1.54, 1.807) is 0 Å². The molecular weight excluding hydrogens is 258 g/mol. The molecule has 5 heteroatoms. The molecule has 0 bridgehead atoms. The van der Waals surface area contributed by atoms with Crippen molar-refractivity contribution in [3.05, 3.63) is 39.9 Å². The molecule has 0 amide bonds. The summed E-state index contributed by atoms with van der Waals surface area (Å²) < 4.78 is 25.9. The lowest BCUT2D eigenvalue weighted by molar-refractivity contribution is -0.131. The first kappa shape index (κ1) is 10.8. The van der Waals surface area contributed by atoms with Gasteiger partial charge < -0.3 is 5.11 Å². The molecule has 0 atom stereocenters. The van der Waals surface area contributed by atoms with Crippen molar-refractivity contribution < 1.29 is 18.7 Å². The molecule has 0 aliphatic carbocycles. The third kappa shape index (κ3) is 2.63. The Hall–Kier alpha value is -1.23. The van der Waals surface area contributed by atoms with Gasteiger partial charge >= 0.3 is 5.97 Å². The molecule has 74 valence electrons. The third-order valence-electron chi connectivity index (χ3n) is 1.45. The lowest BCUT2D eigenvalue weighted by Gasteiger charge is -1.98. The van der Waals surface area contributed by atoms with Crippen LogP contribution >= 0.6 is 15.9 Å². The van der Waals surface area contributed by atoms with Gasteiger partial charge in [-0.15, -0.1) is 0 Å². The van der Waals surface area contributed by atoms with E-state index in [4.69, 9.17) is 5.11 Å². The normalized spacial score (nSPS) is 10.8. The average Bonchev–Trinajstić information content (AvgIpc) is 2.09. The first-order chi connectivity index (χ1) is 6.50.